The maximum absolute atomic E-state index is 12.5. The van der Waals surface area contributed by atoms with Crippen molar-refractivity contribution in [3.63, 3.8) is 0 Å². The van der Waals surface area contributed by atoms with Crippen LogP contribution in [0.25, 0.3) is 16.5 Å². The molecule has 3 aromatic rings. The molecule has 3 N–H and O–H groups in total. The number of amides is 2. The van der Waals surface area contributed by atoms with E-state index < -0.39 is 53.2 Å². The van der Waals surface area contributed by atoms with Crippen molar-refractivity contribution in [3.8, 4) is 5.69 Å². The molecule has 0 unspecified atom stereocenters. The van der Waals surface area contributed by atoms with Crippen molar-refractivity contribution < 1.29 is 35.5 Å². The van der Waals surface area contributed by atoms with E-state index in [0.717, 1.165) is 28.8 Å². The standard InChI is InChI=1S/C17H11N3O9S2/c18-15-14-11(16(22)19-17(14)23)6-13(21)20(15)8-1-2-10-7(3-8)4-9(30(24,25)26)5-12(10)31(27,28)29/h1-6H,18H2,(H,19,22,23)(H,24,25,26)(H,27,28,29)/p-2. The number of nitrogen functional groups attached to an aromatic ring is 1. The number of nitrogens with one attached hydrogen (secondary N) is 1. The zero-order valence-electron chi connectivity index (χ0n) is 15.0. The molecule has 1 aromatic heterocycles. The number of hydrogen-bond acceptors (Lipinski definition) is 10. The lowest BCUT2D eigenvalue weighted by atomic mass is 10.1. The van der Waals surface area contributed by atoms with E-state index in [1.807, 2.05) is 5.32 Å². The third kappa shape index (κ3) is 3.27. The molecule has 0 saturated heterocycles. The summed E-state index contributed by atoms with van der Waals surface area (Å²) in [5, 5.41) is 1.62. The molecule has 0 aliphatic carbocycles. The van der Waals surface area contributed by atoms with Gasteiger partial charge in [-0.25, -0.2) is 16.8 Å². The molecule has 14 heteroatoms. The van der Waals surface area contributed by atoms with Gasteiger partial charge in [-0.2, -0.15) is 0 Å². The molecule has 31 heavy (non-hydrogen) atoms. The largest absolute Gasteiger partial charge is 0.744 e. The van der Waals surface area contributed by atoms with E-state index in [1.165, 1.54) is 6.07 Å². The number of rotatable bonds is 3. The fourth-order valence-corrected chi connectivity index (χ4v) is 4.67. The third-order valence-electron chi connectivity index (χ3n) is 4.64. The second kappa shape index (κ2) is 6.45. The molecule has 1 aliphatic rings. The second-order valence-corrected chi connectivity index (χ2v) is 9.24. The average Bonchev–Trinajstić information content (AvgIpc) is 2.92. The monoisotopic (exact) mass is 463 g/mol. The van der Waals surface area contributed by atoms with Crippen LogP contribution in [0.2, 0.25) is 0 Å². The van der Waals surface area contributed by atoms with Gasteiger partial charge in [-0.15, -0.1) is 0 Å². The molecule has 0 saturated carbocycles. The molecule has 0 atom stereocenters. The van der Waals surface area contributed by atoms with E-state index in [1.54, 1.807) is 0 Å². The minimum Gasteiger partial charge on any atom is -0.744 e. The van der Waals surface area contributed by atoms with Gasteiger partial charge in [0.15, 0.2) is 0 Å². The number of pyridine rings is 1. The quantitative estimate of drug-likeness (QED) is 0.367. The van der Waals surface area contributed by atoms with E-state index in [4.69, 9.17) is 5.73 Å². The molecule has 160 valence electrons. The predicted molar refractivity (Wildman–Crippen MR) is 102 cm³/mol. The van der Waals surface area contributed by atoms with Crippen molar-refractivity contribution in [3.05, 3.63) is 57.9 Å². The number of carbonyl (C=O) groups excluding carboxylic acids is 2. The topological polar surface area (TPSA) is 209 Å². The lowest BCUT2D eigenvalue weighted by Crippen LogP contribution is -2.24. The van der Waals surface area contributed by atoms with Crippen molar-refractivity contribution in [1.29, 1.82) is 0 Å². The Morgan fingerprint density at radius 2 is 1.55 bits per heavy atom. The lowest BCUT2D eigenvalue weighted by molar-refractivity contribution is 0.0879. The Hall–Kier alpha value is -3.59. The van der Waals surface area contributed by atoms with Crippen LogP contribution in [0.1, 0.15) is 20.7 Å². The predicted octanol–water partition coefficient (Wildman–Crippen LogP) is -0.735. The Kier molecular flexibility index (Phi) is 4.30. The fourth-order valence-electron chi connectivity index (χ4n) is 3.33. The molecule has 0 spiro atoms. The van der Waals surface area contributed by atoms with Crippen LogP contribution in [0.15, 0.2) is 51.0 Å². The molecule has 4 rings (SSSR count). The number of nitrogens with two attached hydrogens (primary N) is 1. The van der Waals surface area contributed by atoms with E-state index in [9.17, 15) is 40.3 Å². The van der Waals surface area contributed by atoms with Gasteiger partial charge in [0.1, 0.15) is 26.1 Å². The molecule has 0 radical (unpaired) electrons. The summed E-state index contributed by atoms with van der Waals surface area (Å²) >= 11 is 0. The van der Waals surface area contributed by atoms with Gasteiger partial charge in [-0.3, -0.25) is 24.3 Å². The minimum atomic E-state index is -5.16. The first-order valence-electron chi connectivity index (χ1n) is 8.20. The van der Waals surface area contributed by atoms with Gasteiger partial charge in [-0.05, 0) is 35.0 Å². The highest BCUT2D eigenvalue weighted by molar-refractivity contribution is 7.86. The Morgan fingerprint density at radius 3 is 2.16 bits per heavy atom. The molecule has 12 nitrogen and oxygen atoms in total. The lowest BCUT2D eigenvalue weighted by Gasteiger charge is -2.17. The Labute approximate surface area is 173 Å². The molecule has 0 bridgehead atoms. The van der Waals surface area contributed by atoms with Gasteiger partial charge in [0.05, 0.1) is 26.6 Å². The smallest absolute Gasteiger partial charge is 0.262 e. The number of imide groups is 1. The molecule has 2 amide bonds. The van der Waals surface area contributed by atoms with Crippen LogP contribution in [0.5, 0.6) is 0 Å². The molecule has 2 heterocycles. The van der Waals surface area contributed by atoms with Crippen molar-refractivity contribution in [2.45, 2.75) is 9.79 Å². The van der Waals surface area contributed by atoms with Gasteiger partial charge < -0.3 is 14.8 Å². The number of aromatic nitrogens is 1. The van der Waals surface area contributed by atoms with Gasteiger partial charge >= 0.3 is 0 Å². The van der Waals surface area contributed by atoms with E-state index in [-0.39, 0.29) is 27.6 Å². The number of fused-ring (bicyclic) bond motifs is 2. The highest BCUT2D eigenvalue weighted by atomic mass is 32.2. The summed E-state index contributed by atoms with van der Waals surface area (Å²) in [6.45, 7) is 0. The summed E-state index contributed by atoms with van der Waals surface area (Å²) in [7, 11) is -10.3. The van der Waals surface area contributed by atoms with Crippen LogP contribution in [-0.4, -0.2) is 42.3 Å². The number of benzene rings is 2. The maximum Gasteiger partial charge on any atom is 0.262 e. The van der Waals surface area contributed by atoms with E-state index in [2.05, 4.69) is 0 Å². The van der Waals surface area contributed by atoms with Crippen molar-refractivity contribution in [2.75, 3.05) is 5.73 Å². The van der Waals surface area contributed by atoms with Gasteiger partial charge in [-0.1, -0.05) is 6.07 Å². The average molecular weight is 463 g/mol. The first-order valence-corrected chi connectivity index (χ1v) is 11.0. The first kappa shape index (κ1) is 20.7. The van der Waals surface area contributed by atoms with Crippen LogP contribution >= 0.6 is 0 Å². The maximum atomic E-state index is 12.5. The molecule has 1 aliphatic heterocycles. The number of nitrogens with zero attached hydrogens (tertiary/aromatic N) is 1. The zero-order chi connectivity index (χ0) is 22.9. The molecular formula is C17H9N3O9S2-2. The second-order valence-electron chi connectivity index (χ2n) is 6.51. The summed E-state index contributed by atoms with van der Waals surface area (Å²) < 4.78 is 69.8. The molecule has 2 aromatic carbocycles. The van der Waals surface area contributed by atoms with Crippen molar-refractivity contribution >= 4 is 48.6 Å². The highest BCUT2D eigenvalue weighted by Gasteiger charge is 2.31. The van der Waals surface area contributed by atoms with Gasteiger partial charge in [0.25, 0.3) is 17.4 Å². The molecular weight excluding hydrogens is 454 g/mol. The summed E-state index contributed by atoms with van der Waals surface area (Å²) in [5.74, 6) is -2.02. The number of hydrogen-bond donors (Lipinski definition) is 2. The van der Waals surface area contributed by atoms with Crippen molar-refractivity contribution in [2.24, 2.45) is 0 Å². The van der Waals surface area contributed by atoms with E-state index >= 15 is 0 Å². The highest BCUT2D eigenvalue weighted by Crippen LogP contribution is 2.30. The fraction of sp³-hybridized carbons (Fsp3) is 0. The number of anilines is 1. The zero-order valence-corrected chi connectivity index (χ0v) is 16.6. The summed E-state index contributed by atoms with van der Waals surface area (Å²) in [5.41, 5.74) is 4.60. The SMILES string of the molecule is Nc1c2c(cc(=O)n1-c1ccc3c(S(=O)(=O)[O-])cc(S(=O)(=O)[O-])cc3c1)C(=O)NC2=O. The first-order chi connectivity index (χ1) is 14.3. The Bertz CT molecular complexity index is 1620. The Morgan fingerprint density at radius 1 is 0.871 bits per heavy atom. The molecule has 0 fully saturated rings. The minimum absolute atomic E-state index is 0.0420. The van der Waals surface area contributed by atoms with Crippen LogP contribution in [0, 0.1) is 0 Å². The number of carbonyl (C=O) groups is 2. The summed E-state index contributed by atoms with van der Waals surface area (Å²) in [6.07, 6.45) is 0. The summed E-state index contributed by atoms with van der Waals surface area (Å²) in [4.78, 5) is 34.4. The van der Waals surface area contributed by atoms with Gasteiger partial charge in [0.2, 0.25) is 0 Å². The van der Waals surface area contributed by atoms with Crippen molar-refractivity contribution in [1.82, 2.24) is 9.88 Å². The normalized spacial score (nSPS) is 14.0. The van der Waals surface area contributed by atoms with Crippen LogP contribution in [0.4, 0.5) is 5.82 Å². The third-order valence-corrected chi connectivity index (χ3v) is 6.33. The van der Waals surface area contributed by atoms with Crippen LogP contribution in [-0.2, 0) is 20.2 Å². The Balaban J connectivity index is 2.07. The van der Waals surface area contributed by atoms with Crippen LogP contribution < -0.4 is 16.6 Å². The van der Waals surface area contributed by atoms with Crippen LogP contribution in [0.3, 0.4) is 0 Å². The van der Waals surface area contributed by atoms with Gasteiger partial charge in [0, 0.05) is 6.07 Å². The summed E-state index contributed by atoms with van der Waals surface area (Å²) in [6, 6.07) is 5.58. The van der Waals surface area contributed by atoms with E-state index in [0.29, 0.717) is 6.07 Å².